The second kappa shape index (κ2) is 5.23. The van der Waals surface area contributed by atoms with Gasteiger partial charge in [-0.1, -0.05) is 30.3 Å². The largest absolute Gasteiger partial charge is 0.480 e. The van der Waals surface area contributed by atoms with Crippen LogP contribution in [0, 0.1) is 0 Å². The lowest BCUT2D eigenvalue weighted by Gasteiger charge is -2.04. The molecular formula is C15H10N6O3. The van der Waals surface area contributed by atoms with Crippen LogP contribution in [0.3, 0.4) is 0 Å². The van der Waals surface area contributed by atoms with E-state index in [-0.39, 0.29) is 11.2 Å². The molecule has 0 amide bonds. The average Bonchev–Trinajstić information content (AvgIpc) is 3.02. The molecule has 0 atom stereocenters. The van der Waals surface area contributed by atoms with E-state index < -0.39 is 18.1 Å². The first-order valence-electron chi connectivity index (χ1n) is 7.02. The molecule has 0 radical (unpaired) electrons. The van der Waals surface area contributed by atoms with Crippen molar-refractivity contribution in [2.75, 3.05) is 0 Å². The molecule has 0 aliphatic rings. The van der Waals surface area contributed by atoms with E-state index in [0.717, 1.165) is 15.7 Å². The number of hydrogen-bond donors (Lipinski definition) is 1. The van der Waals surface area contributed by atoms with Gasteiger partial charge in [0, 0.05) is 5.56 Å². The highest BCUT2D eigenvalue weighted by molar-refractivity contribution is 5.81. The Labute approximate surface area is 133 Å². The zero-order chi connectivity index (χ0) is 16.7. The van der Waals surface area contributed by atoms with Gasteiger partial charge in [-0.25, -0.2) is 4.98 Å². The molecule has 0 saturated carbocycles. The first kappa shape index (κ1) is 14.0. The summed E-state index contributed by atoms with van der Waals surface area (Å²) in [4.78, 5) is 27.2. The summed E-state index contributed by atoms with van der Waals surface area (Å²) in [7, 11) is 0. The normalized spacial score (nSPS) is 11.2. The van der Waals surface area contributed by atoms with E-state index in [4.69, 9.17) is 5.11 Å². The van der Waals surface area contributed by atoms with E-state index in [0.29, 0.717) is 5.65 Å². The molecule has 3 aromatic heterocycles. The maximum absolute atomic E-state index is 12.3. The van der Waals surface area contributed by atoms with E-state index in [9.17, 15) is 9.59 Å². The number of hydrogen-bond acceptors (Lipinski definition) is 6. The van der Waals surface area contributed by atoms with Crippen LogP contribution < -0.4 is 5.56 Å². The van der Waals surface area contributed by atoms with Crippen LogP contribution in [-0.4, -0.2) is 40.4 Å². The Morgan fingerprint density at radius 1 is 1.12 bits per heavy atom. The molecule has 0 aliphatic carbocycles. The van der Waals surface area contributed by atoms with Gasteiger partial charge in [-0.2, -0.15) is 9.61 Å². The predicted octanol–water partition coefficient (Wildman–Crippen LogP) is 0.586. The van der Waals surface area contributed by atoms with Gasteiger partial charge in [0.1, 0.15) is 12.9 Å². The summed E-state index contributed by atoms with van der Waals surface area (Å²) in [5, 5.41) is 21.1. The summed E-state index contributed by atoms with van der Waals surface area (Å²) in [6, 6.07) is 9.54. The Bertz CT molecular complexity index is 1130. The van der Waals surface area contributed by atoms with E-state index in [2.05, 4.69) is 20.3 Å². The first-order chi connectivity index (χ1) is 11.6. The van der Waals surface area contributed by atoms with E-state index in [1.165, 1.54) is 10.8 Å². The smallest absolute Gasteiger partial charge is 0.323 e. The predicted molar refractivity (Wildman–Crippen MR) is 83.4 cm³/mol. The average molecular weight is 322 g/mol. The van der Waals surface area contributed by atoms with Gasteiger partial charge in [0.25, 0.3) is 5.56 Å². The highest BCUT2D eigenvalue weighted by atomic mass is 16.4. The highest BCUT2D eigenvalue weighted by Gasteiger charge is 2.15. The molecule has 0 unspecified atom stereocenters. The molecule has 4 aromatic rings. The van der Waals surface area contributed by atoms with Crippen molar-refractivity contribution in [1.29, 1.82) is 0 Å². The van der Waals surface area contributed by atoms with Crippen LogP contribution in [0.2, 0.25) is 0 Å². The third-order valence-electron chi connectivity index (χ3n) is 3.57. The molecule has 0 saturated heterocycles. The zero-order valence-electron chi connectivity index (χ0n) is 12.2. The Morgan fingerprint density at radius 3 is 2.67 bits per heavy atom. The summed E-state index contributed by atoms with van der Waals surface area (Å²) in [6.07, 6.45) is 2.80. The fraction of sp³-hybridized carbons (Fsp3) is 0.0667. The minimum absolute atomic E-state index is 0.0334. The molecule has 4 rings (SSSR count). The molecule has 0 spiro atoms. The summed E-state index contributed by atoms with van der Waals surface area (Å²) in [5.74, 6) is -1.14. The summed E-state index contributed by atoms with van der Waals surface area (Å²) in [6.45, 7) is -0.490. The molecule has 0 fully saturated rings. The molecule has 1 N–H and O–H groups in total. The van der Waals surface area contributed by atoms with Gasteiger partial charge in [0.2, 0.25) is 0 Å². The Hall–Kier alpha value is -3.62. The van der Waals surface area contributed by atoms with Crippen molar-refractivity contribution in [3.05, 3.63) is 53.2 Å². The minimum atomic E-state index is -1.14. The van der Waals surface area contributed by atoms with Crippen molar-refractivity contribution in [3.8, 4) is 11.1 Å². The number of carbonyl (C=O) groups is 1. The van der Waals surface area contributed by atoms with Gasteiger partial charge in [-0.15, -0.1) is 10.2 Å². The number of fused-ring (bicyclic) bond motifs is 3. The van der Waals surface area contributed by atoms with Gasteiger partial charge >= 0.3 is 5.97 Å². The van der Waals surface area contributed by atoms with Crippen molar-refractivity contribution in [3.63, 3.8) is 0 Å². The van der Waals surface area contributed by atoms with Crippen LogP contribution in [0.25, 0.3) is 27.9 Å². The highest BCUT2D eigenvalue weighted by Crippen LogP contribution is 2.23. The third-order valence-corrected chi connectivity index (χ3v) is 3.57. The number of carboxylic acid groups (broad SMARTS) is 1. The topological polar surface area (TPSA) is 115 Å². The Balaban J connectivity index is 1.97. The first-order valence-corrected chi connectivity index (χ1v) is 7.02. The minimum Gasteiger partial charge on any atom is -0.480 e. The van der Waals surface area contributed by atoms with Gasteiger partial charge < -0.3 is 5.11 Å². The summed E-state index contributed by atoms with van der Waals surface area (Å²) < 4.78 is 2.39. The maximum atomic E-state index is 12.3. The zero-order valence-corrected chi connectivity index (χ0v) is 12.2. The molecule has 0 bridgehead atoms. The summed E-state index contributed by atoms with van der Waals surface area (Å²) in [5.41, 5.74) is 1.77. The fourth-order valence-electron chi connectivity index (χ4n) is 2.48. The second-order valence-electron chi connectivity index (χ2n) is 5.10. The quantitative estimate of drug-likeness (QED) is 0.586. The lowest BCUT2D eigenvalue weighted by molar-refractivity contribution is -0.137. The van der Waals surface area contributed by atoms with Gasteiger partial charge in [-0.3, -0.25) is 14.2 Å². The molecule has 1 aromatic carbocycles. The molecule has 9 nitrogen and oxygen atoms in total. The van der Waals surface area contributed by atoms with Crippen LogP contribution >= 0.6 is 0 Å². The molecule has 9 heteroatoms. The lowest BCUT2D eigenvalue weighted by atomic mass is 10.1. The molecule has 24 heavy (non-hydrogen) atoms. The molecular weight excluding hydrogens is 312 g/mol. The SMILES string of the molecule is O=C(O)Cn1cnc2c(nnc3c(-c4ccccc4)cnn32)c1=O. The van der Waals surface area contributed by atoms with Crippen LogP contribution in [0.1, 0.15) is 0 Å². The monoisotopic (exact) mass is 322 g/mol. The number of rotatable bonds is 3. The van der Waals surface area contributed by atoms with Crippen molar-refractivity contribution in [1.82, 2.24) is 29.4 Å². The number of nitrogens with zero attached hydrogens (tertiary/aromatic N) is 6. The van der Waals surface area contributed by atoms with Crippen LogP contribution in [0.15, 0.2) is 47.7 Å². The number of aromatic nitrogens is 6. The van der Waals surface area contributed by atoms with E-state index in [1.807, 2.05) is 30.3 Å². The van der Waals surface area contributed by atoms with Crippen LogP contribution in [-0.2, 0) is 11.3 Å². The molecule has 118 valence electrons. The van der Waals surface area contributed by atoms with E-state index in [1.54, 1.807) is 6.20 Å². The Morgan fingerprint density at radius 2 is 1.92 bits per heavy atom. The fourth-order valence-corrected chi connectivity index (χ4v) is 2.48. The maximum Gasteiger partial charge on any atom is 0.323 e. The van der Waals surface area contributed by atoms with Gasteiger partial charge in [0.05, 0.1) is 6.20 Å². The molecule has 0 aliphatic heterocycles. The lowest BCUT2D eigenvalue weighted by Crippen LogP contribution is -2.26. The third kappa shape index (κ3) is 2.10. The number of benzene rings is 1. The molecule has 3 heterocycles. The van der Waals surface area contributed by atoms with E-state index >= 15 is 0 Å². The van der Waals surface area contributed by atoms with Gasteiger partial charge in [-0.05, 0) is 5.56 Å². The Kier molecular flexibility index (Phi) is 3.05. The van der Waals surface area contributed by atoms with Crippen molar-refractivity contribution in [2.45, 2.75) is 6.54 Å². The second-order valence-corrected chi connectivity index (χ2v) is 5.10. The number of aliphatic carboxylic acids is 1. The van der Waals surface area contributed by atoms with Crippen molar-refractivity contribution in [2.24, 2.45) is 0 Å². The van der Waals surface area contributed by atoms with Crippen LogP contribution in [0.4, 0.5) is 0 Å². The number of carboxylic acids is 1. The van der Waals surface area contributed by atoms with Gasteiger partial charge in [0.15, 0.2) is 16.8 Å². The van der Waals surface area contributed by atoms with Crippen LogP contribution in [0.5, 0.6) is 0 Å². The van der Waals surface area contributed by atoms with Crippen molar-refractivity contribution < 1.29 is 9.90 Å². The standard InChI is InChI=1S/C15H10N6O3/c22-11(23)7-20-8-16-14-12(15(20)24)18-19-13-10(6-17-21(13)14)9-4-2-1-3-5-9/h1-6,8H,7H2,(H,22,23). The van der Waals surface area contributed by atoms with Crippen molar-refractivity contribution >= 4 is 22.8 Å². The summed E-state index contributed by atoms with van der Waals surface area (Å²) >= 11 is 0.